The molecule has 1 aliphatic heterocycles. The molecule has 1 rings (SSSR count). The molecule has 1 fully saturated rings. The number of ether oxygens (including phenoxy) is 1. The zero-order valence-electron chi connectivity index (χ0n) is 9.49. The lowest BCUT2D eigenvalue weighted by atomic mass is 10.1. The fraction of sp³-hybridized carbons (Fsp3) is 0.818. The highest BCUT2D eigenvalue weighted by molar-refractivity contribution is 5.79. The SMILES string of the molecule is CCOC(=O)N1CCCC1CC(=O)CC. The molecule has 0 bridgehead atoms. The van der Waals surface area contributed by atoms with E-state index in [1.165, 1.54) is 0 Å². The van der Waals surface area contributed by atoms with Crippen LogP contribution in [0.15, 0.2) is 0 Å². The molecule has 0 radical (unpaired) electrons. The highest BCUT2D eigenvalue weighted by atomic mass is 16.6. The summed E-state index contributed by atoms with van der Waals surface area (Å²) in [4.78, 5) is 24.5. The molecule has 0 saturated carbocycles. The molecule has 0 N–H and O–H groups in total. The number of carbonyl (C=O) groups is 2. The lowest BCUT2D eigenvalue weighted by Crippen LogP contribution is -2.37. The molecule has 1 atom stereocenters. The van der Waals surface area contributed by atoms with Gasteiger partial charge in [0.1, 0.15) is 5.78 Å². The maximum atomic E-state index is 11.5. The summed E-state index contributed by atoms with van der Waals surface area (Å²) in [5, 5.41) is 0. The van der Waals surface area contributed by atoms with E-state index in [1.54, 1.807) is 11.8 Å². The smallest absolute Gasteiger partial charge is 0.410 e. The monoisotopic (exact) mass is 213 g/mol. The Balaban J connectivity index is 2.49. The third kappa shape index (κ3) is 3.22. The molecule has 15 heavy (non-hydrogen) atoms. The second-order valence-electron chi connectivity index (χ2n) is 3.78. The Labute approximate surface area is 90.6 Å². The molecular formula is C11H19NO3. The molecule has 4 heteroatoms. The number of hydrogen-bond donors (Lipinski definition) is 0. The van der Waals surface area contributed by atoms with Crippen LogP contribution in [-0.4, -0.2) is 36.0 Å². The zero-order valence-corrected chi connectivity index (χ0v) is 9.49. The lowest BCUT2D eigenvalue weighted by Gasteiger charge is -2.23. The van der Waals surface area contributed by atoms with Gasteiger partial charge in [-0.15, -0.1) is 0 Å². The van der Waals surface area contributed by atoms with Crippen molar-refractivity contribution >= 4 is 11.9 Å². The summed E-state index contributed by atoms with van der Waals surface area (Å²) in [7, 11) is 0. The second kappa shape index (κ2) is 5.73. The summed E-state index contributed by atoms with van der Waals surface area (Å²) in [6.07, 6.45) is 2.65. The van der Waals surface area contributed by atoms with Gasteiger partial charge in [0.25, 0.3) is 0 Å². The van der Waals surface area contributed by atoms with Gasteiger partial charge in [0.05, 0.1) is 6.61 Å². The van der Waals surface area contributed by atoms with Gasteiger partial charge in [0.15, 0.2) is 0 Å². The van der Waals surface area contributed by atoms with Gasteiger partial charge in [-0.25, -0.2) is 4.79 Å². The molecule has 86 valence electrons. The number of carbonyl (C=O) groups excluding carboxylic acids is 2. The van der Waals surface area contributed by atoms with Crippen molar-refractivity contribution in [3.8, 4) is 0 Å². The van der Waals surface area contributed by atoms with E-state index in [9.17, 15) is 9.59 Å². The van der Waals surface area contributed by atoms with Crippen LogP contribution >= 0.6 is 0 Å². The summed E-state index contributed by atoms with van der Waals surface area (Å²) in [5.41, 5.74) is 0. The first-order valence-corrected chi connectivity index (χ1v) is 5.64. The predicted octanol–water partition coefficient (Wildman–Crippen LogP) is 1.98. The van der Waals surface area contributed by atoms with Gasteiger partial charge in [-0.2, -0.15) is 0 Å². The Morgan fingerprint density at radius 2 is 2.13 bits per heavy atom. The van der Waals surface area contributed by atoms with Crippen molar-refractivity contribution in [1.29, 1.82) is 0 Å². The van der Waals surface area contributed by atoms with Crippen molar-refractivity contribution in [2.75, 3.05) is 13.2 Å². The van der Waals surface area contributed by atoms with Gasteiger partial charge < -0.3 is 9.64 Å². The van der Waals surface area contributed by atoms with Crippen LogP contribution in [0.1, 0.15) is 39.5 Å². The molecule has 1 saturated heterocycles. The summed E-state index contributed by atoms with van der Waals surface area (Å²) < 4.78 is 4.95. The van der Waals surface area contributed by atoms with E-state index >= 15 is 0 Å². The van der Waals surface area contributed by atoms with Crippen LogP contribution in [-0.2, 0) is 9.53 Å². The molecule has 0 aromatic carbocycles. The number of nitrogens with zero attached hydrogens (tertiary/aromatic N) is 1. The third-order valence-electron chi connectivity index (χ3n) is 2.74. The molecule has 0 aromatic rings. The molecule has 0 aromatic heterocycles. The Bertz CT molecular complexity index is 240. The minimum atomic E-state index is -0.274. The van der Waals surface area contributed by atoms with Crippen LogP contribution in [0.5, 0.6) is 0 Å². The Morgan fingerprint density at radius 1 is 1.40 bits per heavy atom. The van der Waals surface area contributed by atoms with Crippen LogP contribution in [0.25, 0.3) is 0 Å². The highest BCUT2D eigenvalue weighted by Crippen LogP contribution is 2.21. The quantitative estimate of drug-likeness (QED) is 0.717. The maximum Gasteiger partial charge on any atom is 0.410 e. The molecule has 4 nitrogen and oxygen atoms in total. The van der Waals surface area contributed by atoms with Crippen molar-refractivity contribution in [2.45, 2.75) is 45.6 Å². The number of hydrogen-bond acceptors (Lipinski definition) is 3. The third-order valence-corrected chi connectivity index (χ3v) is 2.74. The fourth-order valence-corrected chi connectivity index (χ4v) is 1.90. The number of ketones is 1. The van der Waals surface area contributed by atoms with Crippen molar-refractivity contribution in [3.05, 3.63) is 0 Å². The molecule has 1 unspecified atom stereocenters. The van der Waals surface area contributed by atoms with E-state index < -0.39 is 0 Å². The maximum absolute atomic E-state index is 11.5. The molecular weight excluding hydrogens is 194 g/mol. The molecule has 0 aliphatic carbocycles. The lowest BCUT2D eigenvalue weighted by molar-refractivity contribution is -0.119. The second-order valence-corrected chi connectivity index (χ2v) is 3.78. The van der Waals surface area contributed by atoms with Gasteiger partial charge in [-0.1, -0.05) is 6.92 Å². The molecule has 1 heterocycles. The van der Waals surface area contributed by atoms with E-state index in [1.807, 2.05) is 6.92 Å². The van der Waals surface area contributed by atoms with Crippen LogP contribution < -0.4 is 0 Å². The molecule has 0 spiro atoms. The molecule has 1 amide bonds. The number of likely N-dealkylation sites (tertiary alicyclic amines) is 1. The molecule has 1 aliphatic rings. The summed E-state index contributed by atoms with van der Waals surface area (Å²) in [5.74, 6) is 0.219. The van der Waals surface area contributed by atoms with E-state index in [2.05, 4.69) is 0 Å². The van der Waals surface area contributed by atoms with E-state index in [-0.39, 0.29) is 17.9 Å². The highest BCUT2D eigenvalue weighted by Gasteiger charge is 2.30. The Kier molecular flexibility index (Phi) is 4.59. The van der Waals surface area contributed by atoms with Gasteiger partial charge in [0.2, 0.25) is 0 Å². The topological polar surface area (TPSA) is 46.6 Å². The first-order valence-electron chi connectivity index (χ1n) is 5.64. The van der Waals surface area contributed by atoms with Gasteiger partial charge in [-0.05, 0) is 19.8 Å². The summed E-state index contributed by atoms with van der Waals surface area (Å²) in [6.45, 7) is 4.76. The van der Waals surface area contributed by atoms with Crippen LogP contribution in [0, 0.1) is 0 Å². The van der Waals surface area contributed by atoms with Crippen LogP contribution in [0.2, 0.25) is 0 Å². The first-order chi connectivity index (χ1) is 7.19. The van der Waals surface area contributed by atoms with E-state index in [0.29, 0.717) is 19.4 Å². The zero-order chi connectivity index (χ0) is 11.3. The van der Waals surface area contributed by atoms with Crippen LogP contribution in [0.4, 0.5) is 4.79 Å². The van der Waals surface area contributed by atoms with Gasteiger partial charge in [0, 0.05) is 25.4 Å². The van der Waals surface area contributed by atoms with Gasteiger partial charge in [-0.3, -0.25) is 4.79 Å². The van der Waals surface area contributed by atoms with Crippen molar-refractivity contribution < 1.29 is 14.3 Å². The van der Waals surface area contributed by atoms with E-state index in [4.69, 9.17) is 4.74 Å². The standard InChI is InChI=1S/C11H19NO3/c1-3-10(13)8-9-6-5-7-12(9)11(14)15-4-2/h9H,3-8H2,1-2H3. The normalized spacial score (nSPS) is 20.4. The summed E-state index contributed by atoms with van der Waals surface area (Å²) in [6, 6.07) is 0.0662. The average Bonchev–Trinajstić information content (AvgIpc) is 2.66. The minimum absolute atomic E-state index is 0.0662. The number of rotatable bonds is 4. The number of amides is 1. The van der Waals surface area contributed by atoms with E-state index in [0.717, 1.165) is 19.4 Å². The van der Waals surface area contributed by atoms with Crippen molar-refractivity contribution in [3.63, 3.8) is 0 Å². The first kappa shape index (κ1) is 12.0. The Hall–Kier alpha value is -1.06. The van der Waals surface area contributed by atoms with Crippen molar-refractivity contribution in [2.24, 2.45) is 0 Å². The largest absolute Gasteiger partial charge is 0.450 e. The van der Waals surface area contributed by atoms with Crippen molar-refractivity contribution in [1.82, 2.24) is 4.90 Å². The fourth-order valence-electron chi connectivity index (χ4n) is 1.90. The Morgan fingerprint density at radius 3 is 2.73 bits per heavy atom. The number of Topliss-reactive ketones (excluding diaryl/α,β-unsaturated/α-hetero) is 1. The summed E-state index contributed by atoms with van der Waals surface area (Å²) >= 11 is 0. The average molecular weight is 213 g/mol. The van der Waals surface area contributed by atoms with Gasteiger partial charge >= 0.3 is 6.09 Å². The predicted molar refractivity (Wildman–Crippen MR) is 56.7 cm³/mol. The van der Waals surface area contributed by atoms with Crippen LogP contribution in [0.3, 0.4) is 0 Å². The minimum Gasteiger partial charge on any atom is -0.450 e.